The molecule has 1 heterocycles. The molecule has 1 amide bonds. The Hall–Kier alpha value is -2.04. The second kappa shape index (κ2) is 5.73. The molecular formula is C14H18N2O3. The van der Waals surface area contributed by atoms with Crippen molar-refractivity contribution in [2.75, 3.05) is 25.1 Å². The first-order valence-corrected chi connectivity index (χ1v) is 6.34. The van der Waals surface area contributed by atoms with Gasteiger partial charge in [0.05, 0.1) is 18.6 Å². The van der Waals surface area contributed by atoms with Gasteiger partial charge in [0, 0.05) is 18.8 Å². The van der Waals surface area contributed by atoms with Crippen molar-refractivity contribution in [1.29, 1.82) is 0 Å². The Kier molecular flexibility index (Phi) is 4.04. The number of primary amides is 1. The maximum atomic E-state index is 11.5. The molecule has 5 heteroatoms. The van der Waals surface area contributed by atoms with E-state index in [9.17, 15) is 9.59 Å². The number of anilines is 1. The van der Waals surface area contributed by atoms with Crippen LogP contribution in [0.25, 0.3) is 0 Å². The Labute approximate surface area is 112 Å². The number of hydrogen-bond acceptors (Lipinski definition) is 4. The Morgan fingerprint density at radius 1 is 1.42 bits per heavy atom. The average Bonchev–Trinajstić information content (AvgIpc) is 2.46. The number of ether oxygens (including phenoxy) is 1. The maximum Gasteiger partial charge on any atom is 0.337 e. The van der Waals surface area contributed by atoms with Crippen molar-refractivity contribution in [2.45, 2.75) is 12.8 Å². The lowest BCUT2D eigenvalue weighted by Crippen LogP contribution is -2.41. The summed E-state index contributed by atoms with van der Waals surface area (Å²) in [6.07, 6.45) is 1.76. The predicted octanol–water partition coefficient (Wildman–Crippen LogP) is 1.17. The molecule has 0 spiro atoms. The molecule has 2 rings (SSSR count). The molecule has 0 aromatic heterocycles. The molecule has 2 N–H and O–H groups in total. The number of carbonyl (C=O) groups is 2. The fourth-order valence-corrected chi connectivity index (χ4v) is 2.39. The quantitative estimate of drug-likeness (QED) is 0.830. The van der Waals surface area contributed by atoms with Crippen LogP contribution >= 0.6 is 0 Å². The molecule has 0 bridgehead atoms. The molecule has 1 atom stereocenters. The van der Waals surface area contributed by atoms with E-state index in [0.717, 1.165) is 25.1 Å². The van der Waals surface area contributed by atoms with E-state index in [1.807, 2.05) is 12.1 Å². The maximum absolute atomic E-state index is 11.5. The standard InChI is InChI=1S/C14H18N2O3/c1-19-14(18)10-4-2-6-12(8-10)16-7-3-5-11(9-16)13(15)17/h2,4,6,8,11H,3,5,7,9H2,1H3,(H2,15,17). The summed E-state index contributed by atoms with van der Waals surface area (Å²) in [6.45, 7) is 1.48. The number of methoxy groups -OCH3 is 1. The second-order valence-corrected chi connectivity index (χ2v) is 4.73. The number of carbonyl (C=O) groups excluding carboxylic acids is 2. The van der Waals surface area contributed by atoms with E-state index >= 15 is 0 Å². The highest BCUT2D eigenvalue weighted by atomic mass is 16.5. The predicted molar refractivity (Wildman–Crippen MR) is 71.9 cm³/mol. The van der Waals surface area contributed by atoms with Crippen LogP contribution in [0.4, 0.5) is 5.69 Å². The summed E-state index contributed by atoms with van der Waals surface area (Å²) in [5.41, 5.74) is 6.81. The second-order valence-electron chi connectivity index (χ2n) is 4.73. The Morgan fingerprint density at radius 2 is 2.21 bits per heavy atom. The molecule has 102 valence electrons. The smallest absolute Gasteiger partial charge is 0.337 e. The molecular weight excluding hydrogens is 244 g/mol. The van der Waals surface area contributed by atoms with Crippen LogP contribution in [-0.2, 0) is 9.53 Å². The summed E-state index contributed by atoms with van der Waals surface area (Å²) in [5.74, 6) is -0.727. The minimum absolute atomic E-state index is 0.115. The van der Waals surface area contributed by atoms with E-state index in [-0.39, 0.29) is 17.8 Å². The first kappa shape index (κ1) is 13.4. The lowest BCUT2D eigenvalue weighted by atomic mass is 9.97. The lowest BCUT2D eigenvalue weighted by Gasteiger charge is -2.33. The first-order chi connectivity index (χ1) is 9.11. The minimum atomic E-state index is -0.356. The van der Waals surface area contributed by atoms with Crippen molar-refractivity contribution in [3.8, 4) is 0 Å². The largest absolute Gasteiger partial charge is 0.465 e. The zero-order valence-electron chi connectivity index (χ0n) is 11.0. The summed E-state index contributed by atoms with van der Waals surface area (Å²) in [7, 11) is 1.36. The van der Waals surface area contributed by atoms with Gasteiger partial charge >= 0.3 is 5.97 Å². The molecule has 0 aliphatic carbocycles. The molecule has 1 fully saturated rings. The van der Waals surface area contributed by atoms with Crippen molar-refractivity contribution in [1.82, 2.24) is 0 Å². The van der Waals surface area contributed by atoms with Crippen LogP contribution in [0, 0.1) is 5.92 Å². The highest BCUT2D eigenvalue weighted by Crippen LogP contribution is 2.24. The number of esters is 1. The fraction of sp³-hybridized carbons (Fsp3) is 0.429. The zero-order valence-corrected chi connectivity index (χ0v) is 11.0. The molecule has 19 heavy (non-hydrogen) atoms. The number of nitrogens with zero attached hydrogens (tertiary/aromatic N) is 1. The monoisotopic (exact) mass is 262 g/mol. The van der Waals surface area contributed by atoms with Crippen LogP contribution in [0.15, 0.2) is 24.3 Å². The molecule has 0 saturated carbocycles. The third-order valence-electron chi connectivity index (χ3n) is 3.46. The topological polar surface area (TPSA) is 72.6 Å². The van der Waals surface area contributed by atoms with Gasteiger partial charge in [0.25, 0.3) is 0 Å². The number of rotatable bonds is 3. The van der Waals surface area contributed by atoms with Crippen molar-refractivity contribution in [3.05, 3.63) is 29.8 Å². The van der Waals surface area contributed by atoms with Crippen LogP contribution in [0.1, 0.15) is 23.2 Å². The fourth-order valence-electron chi connectivity index (χ4n) is 2.39. The van der Waals surface area contributed by atoms with Crippen LogP contribution in [0.3, 0.4) is 0 Å². The number of amides is 1. The minimum Gasteiger partial charge on any atom is -0.465 e. The van der Waals surface area contributed by atoms with Gasteiger partial charge in [0.15, 0.2) is 0 Å². The zero-order chi connectivity index (χ0) is 13.8. The van der Waals surface area contributed by atoms with E-state index in [2.05, 4.69) is 4.90 Å². The van der Waals surface area contributed by atoms with Crippen LogP contribution < -0.4 is 10.6 Å². The molecule has 1 aromatic carbocycles. The molecule has 1 aromatic rings. The molecule has 0 radical (unpaired) electrons. The summed E-state index contributed by atoms with van der Waals surface area (Å²) >= 11 is 0. The van der Waals surface area contributed by atoms with Gasteiger partial charge in [-0.05, 0) is 31.0 Å². The van der Waals surface area contributed by atoms with E-state index in [0.29, 0.717) is 12.1 Å². The highest BCUT2D eigenvalue weighted by Gasteiger charge is 2.24. The van der Waals surface area contributed by atoms with Crippen LogP contribution in [0.2, 0.25) is 0 Å². The lowest BCUT2D eigenvalue weighted by molar-refractivity contribution is -0.122. The van der Waals surface area contributed by atoms with E-state index in [1.54, 1.807) is 12.1 Å². The Balaban J connectivity index is 2.17. The van der Waals surface area contributed by atoms with Gasteiger partial charge < -0.3 is 15.4 Å². The van der Waals surface area contributed by atoms with E-state index in [4.69, 9.17) is 10.5 Å². The van der Waals surface area contributed by atoms with Gasteiger partial charge in [-0.3, -0.25) is 4.79 Å². The van der Waals surface area contributed by atoms with Crippen molar-refractivity contribution in [3.63, 3.8) is 0 Å². The van der Waals surface area contributed by atoms with Crippen molar-refractivity contribution in [2.24, 2.45) is 11.7 Å². The highest BCUT2D eigenvalue weighted by molar-refractivity contribution is 5.90. The van der Waals surface area contributed by atoms with E-state index < -0.39 is 0 Å². The number of nitrogens with two attached hydrogens (primary N) is 1. The number of hydrogen-bond donors (Lipinski definition) is 1. The third kappa shape index (κ3) is 3.05. The van der Waals surface area contributed by atoms with Crippen LogP contribution in [0.5, 0.6) is 0 Å². The van der Waals surface area contributed by atoms with Crippen LogP contribution in [-0.4, -0.2) is 32.1 Å². The molecule has 5 nitrogen and oxygen atoms in total. The van der Waals surface area contributed by atoms with Gasteiger partial charge in [-0.15, -0.1) is 0 Å². The molecule has 1 aliphatic heterocycles. The van der Waals surface area contributed by atoms with Gasteiger partial charge in [0.1, 0.15) is 0 Å². The third-order valence-corrected chi connectivity index (χ3v) is 3.46. The summed E-state index contributed by atoms with van der Waals surface area (Å²) < 4.78 is 4.71. The van der Waals surface area contributed by atoms with Crippen molar-refractivity contribution >= 4 is 17.6 Å². The van der Waals surface area contributed by atoms with E-state index in [1.165, 1.54) is 7.11 Å². The summed E-state index contributed by atoms with van der Waals surface area (Å²) in [5, 5.41) is 0. The molecule has 1 saturated heterocycles. The van der Waals surface area contributed by atoms with Gasteiger partial charge in [-0.25, -0.2) is 4.79 Å². The van der Waals surface area contributed by atoms with Gasteiger partial charge in [-0.2, -0.15) is 0 Å². The summed E-state index contributed by atoms with van der Waals surface area (Å²) in [4.78, 5) is 24.9. The summed E-state index contributed by atoms with van der Waals surface area (Å²) in [6, 6.07) is 7.24. The van der Waals surface area contributed by atoms with Gasteiger partial charge in [-0.1, -0.05) is 6.07 Å². The molecule has 1 unspecified atom stereocenters. The van der Waals surface area contributed by atoms with Gasteiger partial charge in [0.2, 0.25) is 5.91 Å². The number of piperidine rings is 1. The normalized spacial score (nSPS) is 19.0. The molecule has 1 aliphatic rings. The number of benzene rings is 1. The Morgan fingerprint density at radius 3 is 2.89 bits per heavy atom. The van der Waals surface area contributed by atoms with Crippen molar-refractivity contribution < 1.29 is 14.3 Å². The Bertz CT molecular complexity index is 487. The first-order valence-electron chi connectivity index (χ1n) is 6.34. The average molecular weight is 262 g/mol. The SMILES string of the molecule is COC(=O)c1cccc(N2CCCC(C(N)=O)C2)c1.